The standard InChI is InChI=1S/C11H19N5/c1-15-11(13-8-14-15)7-16-5-4-12-10(6-16)9-2-3-9/h8-10,12H,2-7H2,1H3. The molecule has 1 unspecified atom stereocenters. The predicted octanol–water partition coefficient (Wildman–Crippen LogP) is -0.00110. The Kier molecular flexibility index (Phi) is 2.65. The van der Waals surface area contributed by atoms with Crippen LogP contribution in [0.15, 0.2) is 6.33 Å². The fourth-order valence-electron chi connectivity index (χ4n) is 2.46. The number of nitrogens with zero attached hydrogens (tertiary/aromatic N) is 4. The number of aryl methyl sites for hydroxylation is 1. The third-order valence-corrected chi connectivity index (χ3v) is 3.65. The van der Waals surface area contributed by atoms with Gasteiger partial charge in [0.25, 0.3) is 0 Å². The smallest absolute Gasteiger partial charge is 0.140 e. The van der Waals surface area contributed by atoms with E-state index < -0.39 is 0 Å². The van der Waals surface area contributed by atoms with Crippen LogP contribution in [0.25, 0.3) is 0 Å². The van der Waals surface area contributed by atoms with Crippen LogP contribution >= 0.6 is 0 Å². The van der Waals surface area contributed by atoms with Gasteiger partial charge in [-0.1, -0.05) is 0 Å². The molecule has 5 nitrogen and oxygen atoms in total. The molecule has 1 atom stereocenters. The first-order chi connectivity index (χ1) is 7.83. The molecule has 3 rings (SSSR count). The number of hydrogen-bond donors (Lipinski definition) is 1. The molecular weight excluding hydrogens is 202 g/mol. The molecule has 2 aliphatic rings. The number of aromatic nitrogens is 3. The van der Waals surface area contributed by atoms with E-state index in [0.717, 1.165) is 37.9 Å². The molecule has 1 aliphatic carbocycles. The quantitative estimate of drug-likeness (QED) is 0.780. The highest BCUT2D eigenvalue weighted by Gasteiger charge is 2.34. The molecule has 1 aromatic heterocycles. The van der Waals surface area contributed by atoms with Gasteiger partial charge in [-0.2, -0.15) is 5.10 Å². The van der Waals surface area contributed by atoms with E-state index in [0.29, 0.717) is 6.04 Å². The summed E-state index contributed by atoms with van der Waals surface area (Å²) in [5.41, 5.74) is 0. The molecular formula is C11H19N5. The lowest BCUT2D eigenvalue weighted by Gasteiger charge is -2.33. The Morgan fingerprint density at radius 3 is 3.06 bits per heavy atom. The van der Waals surface area contributed by atoms with E-state index in [1.165, 1.54) is 12.8 Å². The van der Waals surface area contributed by atoms with Crippen LogP contribution in [0.3, 0.4) is 0 Å². The minimum atomic E-state index is 0.710. The molecule has 2 heterocycles. The third kappa shape index (κ3) is 2.10. The van der Waals surface area contributed by atoms with E-state index in [1.807, 2.05) is 11.7 Å². The highest BCUT2D eigenvalue weighted by Crippen LogP contribution is 2.33. The highest BCUT2D eigenvalue weighted by molar-refractivity contribution is 4.93. The molecule has 0 spiro atoms. The molecule has 1 aromatic rings. The number of rotatable bonds is 3. The van der Waals surface area contributed by atoms with Crippen LogP contribution in [-0.4, -0.2) is 45.3 Å². The predicted molar refractivity (Wildman–Crippen MR) is 60.8 cm³/mol. The van der Waals surface area contributed by atoms with Crippen molar-refractivity contribution in [2.75, 3.05) is 19.6 Å². The summed E-state index contributed by atoms with van der Waals surface area (Å²) in [7, 11) is 1.96. The van der Waals surface area contributed by atoms with Crippen molar-refractivity contribution in [1.29, 1.82) is 0 Å². The zero-order valence-electron chi connectivity index (χ0n) is 9.76. The van der Waals surface area contributed by atoms with E-state index in [2.05, 4.69) is 20.3 Å². The lowest BCUT2D eigenvalue weighted by Crippen LogP contribution is -2.51. The minimum Gasteiger partial charge on any atom is -0.311 e. The van der Waals surface area contributed by atoms with Crippen molar-refractivity contribution >= 4 is 0 Å². The molecule has 0 radical (unpaired) electrons. The van der Waals surface area contributed by atoms with Crippen LogP contribution in [0.5, 0.6) is 0 Å². The van der Waals surface area contributed by atoms with Crippen LogP contribution in [-0.2, 0) is 13.6 Å². The van der Waals surface area contributed by atoms with E-state index in [4.69, 9.17) is 0 Å². The van der Waals surface area contributed by atoms with E-state index in [9.17, 15) is 0 Å². The maximum absolute atomic E-state index is 4.29. The Bertz CT molecular complexity index is 357. The lowest BCUT2D eigenvalue weighted by atomic mass is 10.1. The van der Waals surface area contributed by atoms with Crippen LogP contribution in [0.4, 0.5) is 0 Å². The molecule has 16 heavy (non-hydrogen) atoms. The van der Waals surface area contributed by atoms with Crippen molar-refractivity contribution in [3.8, 4) is 0 Å². The van der Waals surface area contributed by atoms with Gasteiger partial charge >= 0.3 is 0 Å². The number of hydrogen-bond acceptors (Lipinski definition) is 4. The van der Waals surface area contributed by atoms with Crippen molar-refractivity contribution in [3.63, 3.8) is 0 Å². The molecule has 5 heteroatoms. The molecule has 0 aromatic carbocycles. The van der Waals surface area contributed by atoms with Crippen molar-refractivity contribution < 1.29 is 0 Å². The van der Waals surface area contributed by atoms with Gasteiger partial charge in [-0.05, 0) is 18.8 Å². The molecule has 1 N–H and O–H groups in total. The summed E-state index contributed by atoms with van der Waals surface area (Å²) in [6, 6.07) is 0.710. The molecule has 0 amide bonds. The Hall–Kier alpha value is -0.940. The zero-order chi connectivity index (χ0) is 11.0. The second-order valence-electron chi connectivity index (χ2n) is 4.93. The summed E-state index contributed by atoms with van der Waals surface area (Å²) in [6.45, 7) is 4.33. The minimum absolute atomic E-state index is 0.710. The third-order valence-electron chi connectivity index (χ3n) is 3.65. The average molecular weight is 221 g/mol. The van der Waals surface area contributed by atoms with Crippen LogP contribution < -0.4 is 5.32 Å². The Labute approximate surface area is 95.8 Å². The Balaban J connectivity index is 1.60. The first-order valence-electron chi connectivity index (χ1n) is 6.11. The van der Waals surface area contributed by atoms with Gasteiger partial charge in [0, 0.05) is 32.7 Å². The second kappa shape index (κ2) is 4.14. The van der Waals surface area contributed by atoms with Gasteiger partial charge in [-0.15, -0.1) is 0 Å². The van der Waals surface area contributed by atoms with Crippen molar-refractivity contribution in [2.45, 2.75) is 25.4 Å². The molecule has 1 saturated heterocycles. The van der Waals surface area contributed by atoms with Crippen molar-refractivity contribution in [1.82, 2.24) is 25.0 Å². The number of piperazine rings is 1. The molecule has 0 bridgehead atoms. The first-order valence-corrected chi connectivity index (χ1v) is 6.11. The second-order valence-corrected chi connectivity index (χ2v) is 4.93. The molecule has 1 aliphatic heterocycles. The van der Waals surface area contributed by atoms with Crippen molar-refractivity contribution in [3.05, 3.63) is 12.2 Å². The average Bonchev–Trinajstić information content (AvgIpc) is 3.06. The lowest BCUT2D eigenvalue weighted by molar-refractivity contribution is 0.176. The van der Waals surface area contributed by atoms with Gasteiger partial charge in [0.1, 0.15) is 12.2 Å². The summed E-state index contributed by atoms with van der Waals surface area (Å²) in [6.07, 6.45) is 4.46. The Morgan fingerprint density at radius 2 is 2.38 bits per heavy atom. The molecule has 1 saturated carbocycles. The van der Waals surface area contributed by atoms with Gasteiger partial charge in [-0.3, -0.25) is 9.58 Å². The van der Waals surface area contributed by atoms with E-state index >= 15 is 0 Å². The summed E-state index contributed by atoms with van der Waals surface area (Å²) < 4.78 is 1.87. The van der Waals surface area contributed by atoms with Crippen LogP contribution in [0.1, 0.15) is 18.7 Å². The van der Waals surface area contributed by atoms with Crippen LogP contribution in [0.2, 0.25) is 0 Å². The van der Waals surface area contributed by atoms with Crippen LogP contribution in [0, 0.1) is 5.92 Å². The van der Waals surface area contributed by atoms with Gasteiger partial charge in [0.15, 0.2) is 0 Å². The van der Waals surface area contributed by atoms with Gasteiger partial charge in [0.05, 0.1) is 6.54 Å². The summed E-state index contributed by atoms with van der Waals surface area (Å²) in [4.78, 5) is 6.77. The monoisotopic (exact) mass is 221 g/mol. The first kappa shape index (κ1) is 10.2. The van der Waals surface area contributed by atoms with E-state index in [1.54, 1.807) is 6.33 Å². The summed E-state index contributed by atoms with van der Waals surface area (Å²) in [5.74, 6) is 2.00. The number of nitrogens with one attached hydrogen (secondary N) is 1. The van der Waals surface area contributed by atoms with Crippen molar-refractivity contribution in [2.24, 2.45) is 13.0 Å². The van der Waals surface area contributed by atoms with E-state index in [-0.39, 0.29) is 0 Å². The molecule has 88 valence electrons. The SMILES string of the molecule is Cn1ncnc1CN1CCNC(C2CC2)C1. The Morgan fingerprint density at radius 1 is 1.50 bits per heavy atom. The topological polar surface area (TPSA) is 46.0 Å². The summed E-state index contributed by atoms with van der Waals surface area (Å²) in [5, 5.41) is 7.73. The fourth-order valence-corrected chi connectivity index (χ4v) is 2.46. The largest absolute Gasteiger partial charge is 0.311 e. The molecule has 2 fully saturated rings. The van der Waals surface area contributed by atoms with Gasteiger partial charge in [0.2, 0.25) is 0 Å². The zero-order valence-corrected chi connectivity index (χ0v) is 9.76. The van der Waals surface area contributed by atoms with Gasteiger partial charge < -0.3 is 5.32 Å². The highest BCUT2D eigenvalue weighted by atomic mass is 15.3. The fraction of sp³-hybridized carbons (Fsp3) is 0.818. The maximum Gasteiger partial charge on any atom is 0.140 e. The maximum atomic E-state index is 4.29. The van der Waals surface area contributed by atoms with Gasteiger partial charge in [-0.25, -0.2) is 4.98 Å². The normalized spacial score (nSPS) is 27.2. The summed E-state index contributed by atoms with van der Waals surface area (Å²) >= 11 is 0.